The van der Waals surface area contributed by atoms with Crippen molar-refractivity contribution in [1.82, 2.24) is 10.3 Å². The SMILES string of the molecule is CCOC(=O)Cc1cnc(NC(=O)C(CCSC)NC(=O)C2CCC(C)CC2)s1. The molecule has 1 aromatic heterocycles. The van der Waals surface area contributed by atoms with Crippen LogP contribution in [0.3, 0.4) is 0 Å². The molecule has 9 heteroatoms. The quantitative estimate of drug-likeness (QED) is 0.541. The Hall–Kier alpha value is -1.61. The number of rotatable bonds is 10. The Bertz CT molecular complexity index is 687. The van der Waals surface area contributed by atoms with E-state index in [2.05, 4.69) is 22.5 Å². The van der Waals surface area contributed by atoms with Crippen LogP contribution < -0.4 is 10.6 Å². The summed E-state index contributed by atoms with van der Waals surface area (Å²) in [4.78, 5) is 41.9. The van der Waals surface area contributed by atoms with E-state index in [9.17, 15) is 14.4 Å². The number of ether oxygens (including phenoxy) is 1. The number of nitrogens with one attached hydrogen (secondary N) is 2. The highest BCUT2D eigenvalue weighted by Crippen LogP contribution is 2.28. The first-order valence-electron chi connectivity index (χ1n) is 10.1. The molecule has 1 aliphatic rings. The molecule has 0 radical (unpaired) electrons. The van der Waals surface area contributed by atoms with Crippen molar-refractivity contribution in [3.8, 4) is 0 Å². The van der Waals surface area contributed by atoms with Gasteiger partial charge in [-0.05, 0) is 57.0 Å². The van der Waals surface area contributed by atoms with Crippen LogP contribution in [0.4, 0.5) is 5.13 Å². The number of carbonyl (C=O) groups excluding carboxylic acids is 3. The molecule has 0 spiro atoms. The molecule has 29 heavy (non-hydrogen) atoms. The van der Waals surface area contributed by atoms with Gasteiger partial charge in [-0.25, -0.2) is 4.98 Å². The zero-order chi connectivity index (χ0) is 21.2. The van der Waals surface area contributed by atoms with E-state index in [-0.39, 0.29) is 30.1 Å². The minimum absolute atomic E-state index is 0.00757. The smallest absolute Gasteiger partial charge is 0.311 e. The molecular weight excluding hydrogens is 410 g/mol. The van der Waals surface area contributed by atoms with Crippen molar-refractivity contribution in [1.29, 1.82) is 0 Å². The highest BCUT2D eigenvalue weighted by molar-refractivity contribution is 7.98. The van der Waals surface area contributed by atoms with Gasteiger partial charge in [-0.2, -0.15) is 11.8 Å². The van der Waals surface area contributed by atoms with E-state index in [1.807, 2.05) is 6.26 Å². The van der Waals surface area contributed by atoms with Crippen molar-refractivity contribution in [2.24, 2.45) is 11.8 Å². The maximum atomic E-state index is 12.8. The van der Waals surface area contributed by atoms with E-state index in [1.165, 1.54) is 11.3 Å². The van der Waals surface area contributed by atoms with Gasteiger partial charge in [0.25, 0.3) is 0 Å². The Balaban J connectivity index is 1.93. The summed E-state index contributed by atoms with van der Waals surface area (Å²) in [5.41, 5.74) is 0. The Morgan fingerprint density at radius 3 is 2.69 bits per heavy atom. The summed E-state index contributed by atoms with van der Waals surface area (Å²) in [6, 6.07) is -0.591. The van der Waals surface area contributed by atoms with E-state index < -0.39 is 6.04 Å². The largest absolute Gasteiger partial charge is 0.466 e. The second kappa shape index (κ2) is 12.2. The molecule has 1 saturated carbocycles. The van der Waals surface area contributed by atoms with Crippen molar-refractivity contribution in [2.45, 2.75) is 58.4 Å². The highest BCUT2D eigenvalue weighted by Gasteiger charge is 2.28. The number of esters is 1. The fraction of sp³-hybridized carbons (Fsp3) is 0.700. The topological polar surface area (TPSA) is 97.4 Å². The second-order valence-electron chi connectivity index (χ2n) is 7.40. The van der Waals surface area contributed by atoms with E-state index in [0.717, 1.165) is 36.3 Å². The summed E-state index contributed by atoms with van der Waals surface area (Å²) < 4.78 is 4.93. The van der Waals surface area contributed by atoms with Gasteiger partial charge in [-0.15, -0.1) is 11.3 Å². The van der Waals surface area contributed by atoms with Crippen molar-refractivity contribution in [3.05, 3.63) is 11.1 Å². The third kappa shape index (κ3) is 7.97. The summed E-state index contributed by atoms with van der Waals surface area (Å²) >= 11 is 2.88. The fourth-order valence-corrected chi connectivity index (χ4v) is 4.58. The van der Waals surface area contributed by atoms with Gasteiger partial charge in [-0.3, -0.25) is 14.4 Å². The van der Waals surface area contributed by atoms with Crippen LogP contribution in [-0.2, 0) is 25.5 Å². The van der Waals surface area contributed by atoms with Crippen LogP contribution in [-0.4, -0.2) is 47.4 Å². The lowest BCUT2D eigenvalue weighted by molar-refractivity contribution is -0.142. The zero-order valence-electron chi connectivity index (χ0n) is 17.4. The van der Waals surface area contributed by atoms with Crippen LogP contribution in [0.25, 0.3) is 0 Å². The molecule has 0 saturated heterocycles. The van der Waals surface area contributed by atoms with Crippen molar-refractivity contribution in [3.63, 3.8) is 0 Å². The monoisotopic (exact) mass is 441 g/mol. The standard InChI is InChI=1S/C20H31N3O4S2/c1-4-27-17(24)11-15-12-21-20(29-15)23-19(26)16(9-10-28-3)22-18(25)14-7-5-13(2)6-8-14/h12-14,16H,4-11H2,1-3H3,(H,22,25)(H,21,23,26). The molecule has 1 aromatic rings. The lowest BCUT2D eigenvalue weighted by Gasteiger charge is -2.27. The number of hydrogen-bond acceptors (Lipinski definition) is 7. The van der Waals surface area contributed by atoms with Crippen LogP contribution in [0.2, 0.25) is 0 Å². The van der Waals surface area contributed by atoms with Gasteiger partial charge in [0.1, 0.15) is 6.04 Å². The molecule has 0 aliphatic heterocycles. The summed E-state index contributed by atoms with van der Waals surface area (Å²) in [5.74, 6) is 0.816. The van der Waals surface area contributed by atoms with E-state index in [4.69, 9.17) is 4.74 Å². The number of hydrogen-bond donors (Lipinski definition) is 2. The first kappa shape index (κ1) is 23.7. The minimum Gasteiger partial charge on any atom is -0.466 e. The lowest BCUT2D eigenvalue weighted by atomic mass is 9.82. The molecule has 2 amide bonds. The van der Waals surface area contributed by atoms with Gasteiger partial charge in [0, 0.05) is 17.0 Å². The highest BCUT2D eigenvalue weighted by atomic mass is 32.2. The van der Waals surface area contributed by atoms with Gasteiger partial charge in [0.15, 0.2) is 5.13 Å². The second-order valence-corrected chi connectivity index (χ2v) is 9.50. The Morgan fingerprint density at radius 2 is 2.03 bits per heavy atom. The molecular formula is C20H31N3O4S2. The zero-order valence-corrected chi connectivity index (χ0v) is 19.0. The predicted octanol–water partition coefficient (Wildman–Crippen LogP) is 3.25. The molecule has 2 rings (SSSR count). The molecule has 1 fully saturated rings. The first-order valence-corrected chi connectivity index (χ1v) is 12.3. The third-order valence-electron chi connectivity index (χ3n) is 5.04. The molecule has 1 heterocycles. The molecule has 0 aromatic carbocycles. The van der Waals surface area contributed by atoms with Gasteiger partial charge >= 0.3 is 5.97 Å². The molecule has 1 atom stereocenters. The Kier molecular flexibility index (Phi) is 9.93. The first-order chi connectivity index (χ1) is 13.9. The van der Waals surface area contributed by atoms with Gasteiger partial charge in [0.05, 0.1) is 13.0 Å². The van der Waals surface area contributed by atoms with Gasteiger partial charge in [0.2, 0.25) is 11.8 Å². The molecule has 1 aliphatic carbocycles. The van der Waals surface area contributed by atoms with Crippen molar-refractivity contribution < 1.29 is 19.1 Å². The number of aromatic nitrogens is 1. The molecule has 162 valence electrons. The fourth-order valence-electron chi connectivity index (χ4n) is 3.31. The number of thioether (sulfide) groups is 1. The van der Waals surface area contributed by atoms with Crippen LogP contribution >= 0.6 is 23.1 Å². The number of anilines is 1. The number of nitrogens with zero attached hydrogens (tertiary/aromatic N) is 1. The maximum Gasteiger partial charge on any atom is 0.311 e. The molecule has 2 N–H and O–H groups in total. The lowest BCUT2D eigenvalue weighted by Crippen LogP contribution is -2.46. The van der Waals surface area contributed by atoms with Crippen molar-refractivity contribution in [2.75, 3.05) is 23.9 Å². The van der Waals surface area contributed by atoms with Crippen LogP contribution in [0.15, 0.2) is 6.20 Å². The summed E-state index contributed by atoms with van der Waals surface area (Å²) in [6.45, 7) is 4.30. The van der Waals surface area contributed by atoms with Crippen LogP contribution in [0.5, 0.6) is 0 Å². The average molecular weight is 442 g/mol. The molecule has 1 unspecified atom stereocenters. The minimum atomic E-state index is -0.591. The predicted molar refractivity (Wildman–Crippen MR) is 117 cm³/mol. The number of thiazole rings is 1. The summed E-state index contributed by atoms with van der Waals surface area (Å²) in [6.07, 6.45) is 8.11. The normalized spacial score (nSPS) is 20.0. The molecule has 0 bridgehead atoms. The number of carbonyl (C=O) groups is 3. The van der Waals surface area contributed by atoms with E-state index >= 15 is 0 Å². The maximum absolute atomic E-state index is 12.8. The van der Waals surface area contributed by atoms with Gasteiger partial charge < -0.3 is 15.4 Å². The third-order valence-corrected chi connectivity index (χ3v) is 6.59. The van der Waals surface area contributed by atoms with Gasteiger partial charge in [-0.1, -0.05) is 6.92 Å². The van der Waals surface area contributed by atoms with E-state index in [0.29, 0.717) is 24.1 Å². The van der Waals surface area contributed by atoms with Crippen LogP contribution in [0, 0.1) is 11.8 Å². The summed E-state index contributed by atoms with van der Waals surface area (Å²) in [7, 11) is 0. The Labute approximate surface area is 180 Å². The molecule has 7 nitrogen and oxygen atoms in total. The van der Waals surface area contributed by atoms with Crippen molar-refractivity contribution >= 4 is 46.0 Å². The summed E-state index contributed by atoms with van der Waals surface area (Å²) in [5, 5.41) is 6.16. The average Bonchev–Trinajstić information content (AvgIpc) is 3.12. The van der Waals surface area contributed by atoms with E-state index in [1.54, 1.807) is 24.9 Å². The Morgan fingerprint density at radius 1 is 1.31 bits per heavy atom. The van der Waals surface area contributed by atoms with Crippen LogP contribution in [0.1, 0.15) is 50.8 Å². The number of amides is 2.